The Morgan fingerprint density at radius 2 is 1.79 bits per heavy atom. The molecule has 1 aromatic carbocycles. The van der Waals surface area contributed by atoms with Crippen LogP contribution in [0, 0.1) is 17.6 Å². The lowest BCUT2D eigenvalue weighted by molar-refractivity contribution is 0.466. The fourth-order valence-corrected chi connectivity index (χ4v) is 2.21. The summed E-state index contributed by atoms with van der Waals surface area (Å²) in [6.45, 7) is 0.397. The standard InChI is InChI=1S/C13H11F3N2S/c14-10-8-11(15)13(18-12(10)16)17-6-7-19-9-4-2-1-3-5-9/h1-5,8H,6-7H2,(H,17,18). The zero-order valence-corrected chi connectivity index (χ0v) is 10.7. The Kier molecular flexibility index (Phi) is 4.68. The maximum absolute atomic E-state index is 13.2. The number of nitrogens with zero attached hydrogens (tertiary/aromatic N) is 1. The second kappa shape index (κ2) is 6.47. The summed E-state index contributed by atoms with van der Waals surface area (Å²) in [5, 5.41) is 2.64. The van der Waals surface area contributed by atoms with Crippen LogP contribution < -0.4 is 5.32 Å². The summed E-state index contributed by atoms with van der Waals surface area (Å²) in [6.07, 6.45) is 0. The molecule has 0 saturated heterocycles. The first-order valence-electron chi connectivity index (χ1n) is 5.60. The SMILES string of the molecule is Fc1cc(F)c(NCCSc2ccccc2)nc1F. The molecule has 1 heterocycles. The molecule has 0 amide bonds. The number of anilines is 1. The summed E-state index contributed by atoms with van der Waals surface area (Å²) in [5.41, 5.74) is 0. The summed E-state index contributed by atoms with van der Waals surface area (Å²) in [6, 6.07) is 10.2. The molecule has 100 valence electrons. The van der Waals surface area contributed by atoms with Crippen LogP contribution in [0.4, 0.5) is 19.0 Å². The first-order chi connectivity index (χ1) is 9.16. The van der Waals surface area contributed by atoms with Gasteiger partial charge in [0.2, 0.25) is 0 Å². The zero-order valence-electron chi connectivity index (χ0n) is 9.87. The second-order valence-corrected chi connectivity index (χ2v) is 4.85. The quantitative estimate of drug-likeness (QED) is 0.515. The molecule has 1 aromatic heterocycles. The fraction of sp³-hybridized carbons (Fsp3) is 0.154. The van der Waals surface area contributed by atoms with Gasteiger partial charge in [-0.2, -0.15) is 9.37 Å². The average molecular weight is 284 g/mol. The fourth-order valence-electron chi connectivity index (χ4n) is 1.42. The average Bonchev–Trinajstić information content (AvgIpc) is 2.41. The lowest BCUT2D eigenvalue weighted by Gasteiger charge is -2.06. The van der Waals surface area contributed by atoms with Crippen molar-refractivity contribution in [3.05, 3.63) is 54.0 Å². The molecule has 0 aliphatic rings. The molecular formula is C13H11F3N2S. The Labute approximate surface area is 113 Å². The molecule has 2 rings (SSSR count). The van der Waals surface area contributed by atoms with Crippen molar-refractivity contribution in [3.8, 4) is 0 Å². The minimum Gasteiger partial charge on any atom is -0.367 e. The Bertz CT molecular complexity index is 549. The van der Waals surface area contributed by atoms with Crippen molar-refractivity contribution < 1.29 is 13.2 Å². The van der Waals surface area contributed by atoms with Gasteiger partial charge in [0.05, 0.1) is 0 Å². The number of benzene rings is 1. The zero-order chi connectivity index (χ0) is 13.7. The molecule has 19 heavy (non-hydrogen) atoms. The summed E-state index contributed by atoms with van der Waals surface area (Å²) < 4.78 is 38.7. The van der Waals surface area contributed by atoms with Gasteiger partial charge in [0.25, 0.3) is 5.95 Å². The van der Waals surface area contributed by atoms with Crippen LogP contribution in [0.2, 0.25) is 0 Å². The van der Waals surface area contributed by atoms with E-state index in [4.69, 9.17) is 0 Å². The molecule has 0 spiro atoms. The van der Waals surface area contributed by atoms with E-state index in [0.29, 0.717) is 18.4 Å². The van der Waals surface area contributed by atoms with Crippen LogP contribution in [0.1, 0.15) is 0 Å². The normalized spacial score (nSPS) is 10.5. The number of hydrogen-bond acceptors (Lipinski definition) is 3. The lowest BCUT2D eigenvalue weighted by atomic mass is 10.4. The van der Waals surface area contributed by atoms with Gasteiger partial charge in [0.1, 0.15) is 0 Å². The highest BCUT2D eigenvalue weighted by molar-refractivity contribution is 7.99. The molecule has 0 aliphatic carbocycles. The summed E-state index contributed by atoms with van der Waals surface area (Å²) in [4.78, 5) is 4.27. The molecule has 0 saturated carbocycles. The second-order valence-electron chi connectivity index (χ2n) is 3.68. The van der Waals surface area contributed by atoms with Crippen LogP contribution in [0.5, 0.6) is 0 Å². The van der Waals surface area contributed by atoms with Crippen molar-refractivity contribution in [2.45, 2.75) is 4.90 Å². The molecule has 0 atom stereocenters. The molecule has 6 heteroatoms. The van der Waals surface area contributed by atoms with E-state index in [9.17, 15) is 13.2 Å². The molecule has 0 unspecified atom stereocenters. The Morgan fingerprint density at radius 1 is 1.05 bits per heavy atom. The number of pyridine rings is 1. The van der Waals surface area contributed by atoms with Gasteiger partial charge >= 0.3 is 0 Å². The molecule has 0 aliphatic heterocycles. The van der Waals surface area contributed by atoms with E-state index in [0.717, 1.165) is 4.90 Å². The molecule has 0 radical (unpaired) electrons. The van der Waals surface area contributed by atoms with E-state index in [1.165, 1.54) is 0 Å². The minimum atomic E-state index is -1.31. The number of thioether (sulfide) groups is 1. The summed E-state index contributed by atoms with van der Waals surface area (Å²) in [7, 11) is 0. The molecule has 0 bridgehead atoms. The van der Waals surface area contributed by atoms with Crippen molar-refractivity contribution in [2.75, 3.05) is 17.6 Å². The third-order valence-corrected chi connectivity index (χ3v) is 3.31. The van der Waals surface area contributed by atoms with Crippen molar-refractivity contribution in [1.29, 1.82) is 0 Å². The van der Waals surface area contributed by atoms with Crippen LogP contribution in [-0.4, -0.2) is 17.3 Å². The van der Waals surface area contributed by atoms with Gasteiger partial charge in [0, 0.05) is 23.3 Å². The van der Waals surface area contributed by atoms with E-state index < -0.39 is 17.6 Å². The van der Waals surface area contributed by atoms with Crippen LogP contribution in [0.3, 0.4) is 0 Å². The monoisotopic (exact) mass is 284 g/mol. The lowest BCUT2D eigenvalue weighted by Crippen LogP contribution is -2.09. The number of rotatable bonds is 5. The maximum atomic E-state index is 13.2. The molecule has 1 N–H and O–H groups in total. The predicted octanol–water partition coefficient (Wildman–Crippen LogP) is 3.70. The Balaban J connectivity index is 1.85. The van der Waals surface area contributed by atoms with E-state index >= 15 is 0 Å². The molecule has 0 fully saturated rings. The van der Waals surface area contributed by atoms with Gasteiger partial charge in [0.15, 0.2) is 17.5 Å². The highest BCUT2D eigenvalue weighted by Crippen LogP contribution is 2.18. The molecular weight excluding hydrogens is 273 g/mol. The maximum Gasteiger partial charge on any atom is 0.251 e. The van der Waals surface area contributed by atoms with Crippen LogP contribution >= 0.6 is 11.8 Å². The van der Waals surface area contributed by atoms with Crippen LogP contribution in [0.25, 0.3) is 0 Å². The summed E-state index contributed by atoms with van der Waals surface area (Å²) >= 11 is 1.57. The number of aromatic nitrogens is 1. The van der Waals surface area contributed by atoms with Crippen molar-refractivity contribution in [3.63, 3.8) is 0 Å². The van der Waals surface area contributed by atoms with Gasteiger partial charge in [-0.25, -0.2) is 8.78 Å². The van der Waals surface area contributed by atoms with E-state index in [1.807, 2.05) is 30.3 Å². The number of hydrogen-bond donors (Lipinski definition) is 1. The first kappa shape index (κ1) is 13.7. The van der Waals surface area contributed by atoms with E-state index in [2.05, 4.69) is 10.3 Å². The van der Waals surface area contributed by atoms with Crippen molar-refractivity contribution in [1.82, 2.24) is 4.98 Å². The Hall–Kier alpha value is -1.69. The van der Waals surface area contributed by atoms with Gasteiger partial charge in [-0.3, -0.25) is 0 Å². The van der Waals surface area contributed by atoms with Gasteiger partial charge < -0.3 is 5.32 Å². The topological polar surface area (TPSA) is 24.9 Å². The smallest absolute Gasteiger partial charge is 0.251 e. The van der Waals surface area contributed by atoms with Crippen LogP contribution in [-0.2, 0) is 0 Å². The summed E-state index contributed by atoms with van der Waals surface area (Å²) in [5.74, 6) is -3.11. The van der Waals surface area contributed by atoms with Gasteiger partial charge in [-0.05, 0) is 12.1 Å². The van der Waals surface area contributed by atoms with E-state index in [1.54, 1.807) is 11.8 Å². The van der Waals surface area contributed by atoms with Crippen molar-refractivity contribution in [2.24, 2.45) is 0 Å². The predicted molar refractivity (Wildman–Crippen MR) is 69.8 cm³/mol. The molecule has 2 aromatic rings. The number of halogens is 3. The van der Waals surface area contributed by atoms with Crippen LogP contribution in [0.15, 0.2) is 41.3 Å². The largest absolute Gasteiger partial charge is 0.367 e. The van der Waals surface area contributed by atoms with Gasteiger partial charge in [-0.15, -0.1) is 11.8 Å². The third-order valence-electron chi connectivity index (χ3n) is 2.29. The highest BCUT2D eigenvalue weighted by atomic mass is 32.2. The first-order valence-corrected chi connectivity index (χ1v) is 6.58. The number of nitrogens with one attached hydrogen (secondary N) is 1. The van der Waals surface area contributed by atoms with E-state index in [-0.39, 0.29) is 5.82 Å². The third kappa shape index (κ3) is 3.89. The highest BCUT2D eigenvalue weighted by Gasteiger charge is 2.10. The van der Waals surface area contributed by atoms with Gasteiger partial charge in [-0.1, -0.05) is 18.2 Å². The minimum absolute atomic E-state index is 0.271. The Morgan fingerprint density at radius 3 is 2.53 bits per heavy atom. The van der Waals surface area contributed by atoms with Crippen molar-refractivity contribution >= 4 is 17.6 Å². The molecule has 2 nitrogen and oxygen atoms in total.